The van der Waals surface area contributed by atoms with Crippen molar-refractivity contribution in [2.45, 2.75) is 20.3 Å². The quantitative estimate of drug-likeness (QED) is 0.751. The Balaban J connectivity index is 2.24. The number of rotatable bonds is 3. The number of aromatic nitrogens is 1. The Morgan fingerprint density at radius 1 is 1.18 bits per heavy atom. The van der Waals surface area contributed by atoms with Crippen molar-refractivity contribution >= 4 is 5.78 Å². The lowest BCUT2D eigenvalue weighted by Gasteiger charge is -2.07. The van der Waals surface area contributed by atoms with E-state index in [-0.39, 0.29) is 5.78 Å². The number of carbonyl (C=O) groups excluding carboxylic acids is 1. The van der Waals surface area contributed by atoms with E-state index in [1.165, 1.54) is 0 Å². The van der Waals surface area contributed by atoms with E-state index in [1.54, 1.807) is 12.4 Å². The van der Waals surface area contributed by atoms with Crippen LogP contribution >= 0.6 is 0 Å². The van der Waals surface area contributed by atoms with Crippen molar-refractivity contribution in [1.29, 1.82) is 0 Å². The third-order valence-corrected chi connectivity index (χ3v) is 2.99. The lowest BCUT2D eigenvalue weighted by molar-refractivity contribution is 0.0992. The summed E-state index contributed by atoms with van der Waals surface area (Å²) < 4.78 is 0. The number of pyridine rings is 1. The van der Waals surface area contributed by atoms with Gasteiger partial charge in [0.05, 0.1) is 0 Å². The van der Waals surface area contributed by atoms with Crippen LogP contribution in [0.25, 0.3) is 0 Å². The van der Waals surface area contributed by atoms with Crippen molar-refractivity contribution in [2.24, 2.45) is 0 Å². The maximum atomic E-state index is 12.2. The van der Waals surface area contributed by atoms with Gasteiger partial charge in [-0.1, -0.05) is 24.3 Å². The smallest absolute Gasteiger partial charge is 0.167 e. The fourth-order valence-electron chi connectivity index (χ4n) is 1.84. The standard InChI is InChI=1S/C15H15NO/c1-11-5-3-7-14(12(11)2)15(17)9-13-6-4-8-16-10-13/h3-8,10H,9H2,1-2H3. The monoisotopic (exact) mass is 225 g/mol. The summed E-state index contributed by atoms with van der Waals surface area (Å²) in [5.74, 6) is 0.152. The second-order valence-electron chi connectivity index (χ2n) is 4.21. The minimum atomic E-state index is 0.152. The van der Waals surface area contributed by atoms with Crippen molar-refractivity contribution in [1.82, 2.24) is 4.98 Å². The van der Waals surface area contributed by atoms with Gasteiger partial charge in [-0.3, -0.25) is 9.78 Å². The van der Waals surface area contributed by atoms with Gasteiger partial charge < -0.3 is 0 Å². The summed E-state index contributed by atoms with van der Waals surface area (Å²) in [6.07, 6.45) is 3.87. The number of carbonyl (C=O) groups is 1. The third kappa shape index (κ3) is 2.59. The molecule has 0 aliphatic carbocycles. The average molecular weight is 225 g/mol. The molecular weight excluding hydrogens is 210 g/mol. The topological polar surface area (TPSA) is 30.0 Å². The van der Waals surface area contributed by atoms with Gasteiger partial charge in [0.2, 0.25) is 0 Å². The molecule has 0 aliphatic rings. The van der Waals surface area contributed by atoms with Crippen LogP contribution in [0.5, 0.6) is 0 Å². The fraction of sp³-hybridized carbons (Fsp3) is 0.200. The van der Waals surface area contributed by atoms with Crippen LogP contribution in [0, 0.1) is 13.8 Å². The van der Waals surface area contributed by atoms with E-state index in [9.17, 15) is 4.79 Å². The summed E-state index contributed by atoms with van der Waals surface area (Å²) in [5.41, 5.74) is 4.00. The zero-order valence-electron chi connectivity index (χ0n) is 10.1. The molecule has 0 N–H and O–H groups in total. The number of hydrogen-bond donors (Lipinski definition) is 0. The van der Waals surface area contributed by atoms with Crippen molar-refractivity contribution in [3.05, 3.63) is 65.0 Å². The first-order valence-corrected chi connectivity index (χ1v) is 5.67. The van der Waals surface area contributed by atoms with E-state index in [2.05, 4.69) is 4.98 Å². The van der Waals surface area contributed by atoms with Gasteiger partial charge in [0.15, 0.2) is 5.78 Å². The minimum Gasteiger partial charge on any atom is -0.294 e. The first-order valence-electron chi connectivity index (χ1n) is 5.67. The number of ketones is 1. The molecule has 2 rings (SSSR count). The van der Waals surface area contributed by atoms with Crippen molar-refractivity contribution in [2.75, 3.05) is 0 Å². The lowest BCUT2D eigenvalue weighted by atomic mass is 9.97. The predicted octanol–water partition coefficient (Wildman–Crippen LogP) is 3.12. The molecule has 0 atom stereocenters. The second-order valence-corrected chi connectivity index (χ2v) is 4.21. The number of nitrogens with zero attached hydrogens (tertiary/aromatic N) is 1. The Hall–Kier alpha value is -1.96. The summed E-state index contributed by atoms with van der Waals surface area (Å²) in [7, 11) is 0. The first kappa shape index (κ1) is 11.5. The molecular formula is C15H15NO. The molecule has 2 aromatic rings. The Labute approximate surface area is 101 Å². The molecule has 2 nitrogen and oxygen atoms in total. The maximum Gasteiger partial charge on any atom is 0.167 e. The molecule has 2 heteroatoms. The molecule has 17 heavy (non-hydrogen) atoms. The first-order chi connectivity index (χ1) is 8.18. The molecule has 0 unspecified atom stereocenters. The lowest BCUT2D eigenvalue weighted by Crippen LogP contribution is -2.06. The van der Waals surface area contributed by atoms with Gasteiger partial charge in [0, 0.05) is 24.4 Å². The van der Waals surface area contributed by atoms with Gasteiger partial charge >= 0.3 is 0 Å². The third-order valence-electron chi connectivity index (χ3n) is 2.99. The van der Waals surface area contributed by atoms with Crippen LogP contribution in [0.2, 0.25) is 0 Å². The largest absolute Gasteiger partial charge is 0.294 e. The highest BCUT2D eigenvalue weighted by molar-refractivity contribution is 5.99. The summed E-state index contributed by atoms with van der Waals surface area (Å²) in [5, 5.41) is 0. The molecule has 0 saturated heterocycles. The maximum absolute atomic E-state index is 12.2. The Bertz CT molecular complexity index is 532. The number of hydrogen-bond acceptors (Lipinski definition) is 2. The second kappa shape index (κ2) is 4.91. The highest BCUT2D eigenvalue weighted by Crippen LogP contribution is 2.15. The van der Waals surface area contributed by atoms with E-state index >= 15 is 0 Å². The highest BCUT2D eigenvalue weighted by Gasteiger charge is 2.10. The summed E-state index contributed by atoms with van der Waals surface area (Å²) in [6, 6.07) is 9.62. The van der Waals surface area contributed by atoms with E-state index in [4.69, 9.17) is 0 Å². The van der Waals surface area contributed by atoms with Crippen molar-refractivity contribution in [3.8, 4) is 0 Å². The van der Waals surface area contributed by atoms with Crippen LogP contribution in [-0.2, 0) is 6.42 Å². The molecule has 0 fully saturated rings. The molecule has 0 spiro atoms. The molecule has 86 valence electrons. The Morgan fingerprint density at radius 2 is 2.00 bits per heavy atom. The van der Waals surface area contributed by atoms with Gasteiger partial charge in [-0.15, -0.1) is 0 Å². The van der Waals surface area contributed by atoms with E-state index < -0.39 is 0 Å². The number of aryl methyl sites for hydroxylation is 1. The van der Waals surface area contributed by atoms with Crippen LogP contribution in [0.15, 0.2) is 42.7 Å². The molecule has 0 radical (unpaired) electrons. The number of Topliss-reactive ketones (excluding diaryl/α,β-unsaturated/α-hetero) is 1. The molecule has 1 heterocycles. The molecule has 0 aliphatic heterocycles. The van der Waals surface area contributed by atoms with E-state index in [1.807, 2.05) is 44.2 Å². The van der Waals surface area contributed by atoms with Crippen LogP contribution in [0.3, 0.4) is 0 Å². The van der Waals surface area contributed by atoms with Crippen LogP contribution < -0.4 is 0 Å². The average Bonchev–Trinajstić information content (AvgIpc) is 2.34. The summed E-state index contributed by atoms with van der Waals surface area (Å²) in [6.45, 7) is 4.02. The Morgan fingerprint density at radius 3 is 2.71 bits per heavy atom. The van der Waals surface area contributed by atoms with Gasteiger partial charge in [-0.2, -0.15) is 0 Å². The summed E-state index contributed by atoms with van der Waals surface area (Å²) >= 11 is 0. The molecule has 1 aromatic carbocycles. The van der Waals surface area contributed by atoms with Crippen LogP contribution in [-0.4, -0.2) is 10.8 Å². The molecule has 1 aromatic heterocycles. The highest BCUT2D eigenvalue weighted by atomic mass is 16.1. The van der Waals surface area contributed by atoms with Crippen molar-refractivity contribution < 1.29 is 4.79 Å². The number of benzene rings is 1. The summed E-state index contributed by atoms with van der Waals surface area (Å²) in [4.78, 5) is 16.2. The Kier molecular flexibility index (Phi) is 3.33. The minimum absolute atomic E-state index is 0.152. The fourth-order valence-corrected chi connectivity index (χ4v) is 1.84. The van der Waals surface area contributed by atoms with Gasteiger partial charge in [-0.05, 0) is 36.6 Å². The van der Waals surface area contributed by atoms with E-state index in [0.717, 1.165) is 22.3 Å². The van der Waals surface area contributed by atoms with Crippen LogP contribution in [0.4, 0.5) is 0 Å². The zero-order valence-corrected chi connectivity index (χ0v) is 10.1. The molecule has 0 saturated carbocycles. The molecule has 0 bridgehead atoms. The predicted molar refractivity (Wildman–Crippen MR) is 68.2 cm³/mol. The van der Waals surface area contributed by atoms with Crippen LogP contribution in [0.1, 0.15) is 27.0 Å². The SMILES string of the molecule is Cc1cccc(C(=O)Cc2cccnc2)c1C. The van der Waals surface area contributed by atoms with Gasteiger partial charge in [-0.25, -0.2) is 0 Å². The normalized spacial score (nSPS) is 10.2. The van der Waals surface area contributed by atoms with E-state index in [0.29, 0.717) is 6.42 Å². The van der Waals surface area contributed by atoms with Gasteiger partial charge in [0.25, 0.3) is 0 Å². The molecule has 0 amide bonds. The van der Waals surface area contributed by atoms with Gasteiger partial charge in [0.1, 0.15) is 0 Å². The zero-order chi connectivity index (χ0) is 12.3. The van der Waals surface area contributed by atoms with Crippen molar-refractivity contribution in [3.63, 3.8) is 0 Å².